The second kappa shape index (κ2) is 8.18. The van der Waals surface area contributed by atoms with Gasteiger partial charge in [-0.2, -0.15) is 0 Å². The highest BCUT2D eigenvalue weighted by Gasteiger charge is 2.21. The van der Waals surface area contributed by atoms with Crippen LogP contribution in [0, 0.1) is 0 Å². The fourth-order valence-electron chi connectivity index (χ4n) is 2.77. The first-order valence-corrected chi connectivity index (χ1v) is 8.54. The minimum Gasteiger partial charge on any atom is -0.472 e. The third-order valence-electron chi connectivity index (χ3n) is 4.23. The Balaban J connectivity index is 1.41. The molecule has 0 radical (unpaired) electrons. The number of rotatable bonds is 5. The number of nitrogens with zero attached hydrogens (tertiary/aromatic N) is 2. The summed E-state index contributed by atoms with van der Waals surface area (Å²) in [5.74, 6) is -0.369. The lowest BCUT2D eigenvalue weighted by Gasteiger charge is -2.34. The minimum atomic E-state index is -0.302. The van der Waals surface area contributed by atoms with Crippen LogP contribution in [0.4, 0.5) is 0 Å². The van der Waals surface area contributed by atoms with Gasteiger partial charge in [0.1, 0.15) is 6.26 Å². The Labute approximate surface area is 151 Å². The molecule has 1 aliphatic heterocycles. The van der Waals surface area contributed by atoms with Crippen LogP contribution < -0.4 is 5.32 Å². The molecule has 2 amide bonds. The molecule has 7 heteroatoms. The summed E-state index contributed by atoms with van der Waals surface area (Å²) in [6.07, 6.45) is 2.78. The molecule has 2 aromatic rings. The fourth-order valence-corrected chi connectivity index (χ4v) is 2.89. The van der Waals surface area contributed by atoms with E-state index in [2.05, 4.69) is 10.2 Å². The van der Waals surface area contributed by atoms with Gasteiger partial charge in [-0.25, -0.2) is 0 Å². The van der Waals surface area contributed by atoms with Crippen molar-refractivity contribution in [2.75, 3.05) is 32.7 Å². The topological polar surface area (TPSA) is 65.8 Å². The Bertz CT molecular complexity index is 708. The molecule has 1 fully saturated rings. The van der Waals surface area contributed by atoms with Crippen molar-refractivity contribution in [3.8, 4) is 0 Å². The number of hydrogen-bond donors (Lipinski definition) is 1. The van der Waals surface area contributed by atoms with Crippen molar-refractivity contribution in [3.63, 3.8) is 0 Å². The van der Waals surface area contributed by atoms with Crippen molar-refractivity contribution in [1.29, 1.82) is 0 Å². The van der Waals surface area contributed by atoms with E-state index in [0.29, 0.717) is 18.7 Å². The van der Waals surface area contributed by atoms with E-state index in [1.165, 1.54) is 18.1 Å². The van der Waals surface area contributed by atoms with Crippen LogP contribution in [-0.4, -0.2) is 54.3 Å². The molecular weight excluding hydrogens is 342 g/mol. The average molecular weight is 362 g/mol. The first-order chi connectivity index (χ1) is 12.1. The van der Waals surface area contributed by atoms with Gasteiger partial charge in [0.2, 0.25) is 5.91 Å². The smallest absolute Gasteiger partial charge is 0.254 e. The van der Waals surface area contributed by atoms with Crippen LogP contribution in [0.1, 0.15) is 15.9 Å². The molecule has 6 nitrogen and oxygen atoms in total. The second-order valence-corrected chi connectivity index (χ2v) is 6.41. The molecule has 0 saturated carbocycles. The number of nitrogens with one attached hydrogen (secondary N) is 1. The Morgan fingerprint density at radius 2 is 1.80 bits per heavy atom. The molecule has 0 atom stereocenters. The van der Waals surface area contributed by atoms with E-state index in [4.69, 9.17) is 16.0 Å². The Hall–Kier alpha value is -2.31. The number of hydrogen-bond acceptors (Lipinski definition) is 4. The van der Waals surface area contributed by atoms with Gasteiger partial charge in [0.25, 0.3) is 5.91 Å². The van der Waals surface area contributed by atoms with E-state index in [0.717, 1.165) is 24.7 Å². The van der Waals surface area contributed by atoms with Gasteiger partial charge in [-0.1, -0.05) is 23.7 Å². The summed E-state index contributed by atoms with van der Waals surface area (Å²) in [7, 11) is 0. The van der Waals surface area contributed by atoms with Gasteiger partial charge in [0.15, 0.2) is 0 Å². The molecule has 1 aromatic carbocycles. The fraction of sp³-hybridized carbons (Fsp3) is 0.333. The maximum absolute atomic E-state index is 12.2. The van der Waals surface area contributed by atoms with Gasteiger partial charge in [-0.05, 0) is 23.8 Å². The molecule has 1 aliphatic rings. The van der Waals surface area contributed by atoms with Gasteiger partial charge in [0, 0.05) is 37.7 Å². The van der Waals surface area contributed by atoms with Crippen LogP contribution in [0.3, 0.4) is 0 Å². The van der Waals surface area contributed by atoms with Crippen LogP contribution in [0.5, 0.6) is 0 Å². The summed E-state index contributed by atoms with van der Waals surface area (Å²) in [6.45, 7) is 3.79. The molecule has 1 aromatic heterocycles. The van der Waals surface area contributed by atoms with Crippen molar-refractivity contribution >= 4 is 23.4 Å². The molecule has 3 rings (SSSR count). The summed E-state index contributed by atoms with van der Waals surface area (Å²) in [5.41, 5.74) is 1.62. The molecular formula is C18H20ClN3O3. The van der Waals surface area contributed by atoms with Crippen LogP contribution in [0.25, 0.3) is 0 Å². The Morgan fingerprint density at radius 1 is 1.08 bits per heavy atom. The maximum Gasteiger partial charge on any atom is 0.254 e. The summed E-state index contributed by atoms with van der Waals surface area (Å²) in [4.78, 5) is 28.1. The quantitative estimate of drug-likeness (QED) is 0.884. The first kappa shape index (κ1) is 17.5. The maximum atomic E-state index is 12.2. The zero-order chi connectivity index (χ0) is 17.6. The summed E-state index contributed by atoms with van der Waals surface area (Å²) >= 11 is 5.90. The largest absolute Gasteiger partial charge is 0.472 e. The number of carbonyl (C=O) groups is 2. The lowest BCUT2D eigenvalue weighted by Crippen LogP contribution is -2.50. The number of piperazine rings is 1. The van der Waals surface area contributed by atoms with E-state index in [1.807, 2.05) is 24.3 Å². The van der Waals surface area contributed by atoms with Gasteiger partial charge in [-0.3, -0.25) is 14.5 Å². The number of amides is 2. The molecule has 0 unspecified atom stereocenters. The Kier molecular flexibility index (Phi) is 5.73. The molecule has 25 heavy (non-hydrogen) atoms. The Morgan fingerprint density at radius 3 is 2.44 bits per heavy atom. The lowest BCUT2D eigenvalue weighted by molar-refractivity contribution is -0.131. The summed E-state index contributed by atoms with van der Waals surface area (Å²) in [5, 5.41) is 3.36. The standard InChI is InChI=1S/C18H20ClN3O3/c19-16-3-1-14(2-4-16)12-21-6-8-22(9-7-21)17(23)11-20-18(24)15-5-10-25-13-15/h1-5,10,13H,6-9,11-12H2,(H,20,24). The van der Waals surface area contributed by atoms with Crippen LogP contribution in [-0.2, 0) is 11.3 Å². The monoisotopic (exact) mass is 361 g/mol. The van der Waals surface area contributed by atoms with E-state index < -0.39 is 0 Å². The van der Waals surface area contributed by atoms with Crippen molar-refractivity contribution in [2.45, 2.75) is 6.54 Å². The second-order valence-electron chi connectivity index (χ2n) is 5.98. The normalized spacial score (nSPS) is 15.2. The summed E-state index contributed by atoms with van der Waals surface area (Å²) < 4.78 is 4.86. The number of furan rings is 1. The van der Waals surface area contributed by atoms with Gasteiger partial charge < -0.3 is 14.6 Å². The molecule has 0 aliphatic carbocycles. The predicted molar refractivity (Wildman–Crippen MR) is 94.4 cm³/mol. The number of carbonyl (C=O) groups excluding carboxylic acids is 2. The van der Waals surface area contributed by atoms with Gasteiger partial charge >= 0.3 is 0 Å². The van der Waals surface area contributed by atoms with Crippen molar-refractivity contribution < 1.29 is 14.0 Å². The molecule has 0 bridgehead atoms. The minimum absolute atomic E-state index is 0.00119. The third-order valence-corrected chi connectivity index (χ3v) is 4.48. The number of halogens is 1. The molecule has 2 heterocycles. The van der Waals surface area contributed by atoms with E-state index in [9.17, 15) is 9.59 Å². The number of benzene rings is 1. The molecule has 1 N–H and O–H groups in total. The van der Waals surface area contributed by atoms with E-state index in [1.54, 1.807) is 11.0 Å². The predicted octanol–water partition coefficient (Wildman–Crippen LogP) is 2.01. The van der Waals surface area contributed by atoms with Crippen LogP contribution in [0.2, 0.25) is 5.02 Å². The highest BCUT2D eigenvalue weighted by Crippen LogP contribution is 2.13. The van der Waals surface area contributed by atoms with Crippen molar-refractivity contribution in [3.05, 3.63) is 59.0 Å². The first-order valence-electron chi connectivity index (χ1n) is 8.17. The zero-order valence-corrected chi connectivity index (χ0v) is 14.5. The highest BCUT2D eigenvalue weighted by atomic mass is 35.5. The van der Waals surface area contributed by atoms with Crippen LogP contribution >= 0.6 is 11.6 Å². The highest BCUT2D eigenvalue weighted by molar-refractivity contribution is 6.30. The van der Waals surface area contributed by atoms with Crippen molar-refractivity contribution in [1.82, 2.24) is 15.1 Å². The van der Waals surface area contributed by atoms with Gasteiger partial charge in [0.05, 0.1) is 18.4 Å². The zero-order valence-electron chi connectivity index (χ0n) is 13.8. The lowest BCUT2D eigenvalue weighted by atomic mass is 10.2. The molecule has 0 spiro atoms. The van der Waals surface area contributed by atoms with Crippen molar-refractivity contribution in [2.24, 2.45) is 0 Å². The average Bonchev–Trinajstić information content (AvgIpc) is 3.17. The van der Waals surface area contributed by atoms with E-state index in [-0.39, 0.29) is 18.4 Å². The van der Waals surface area contributed by atoms with Crippen LogP contribution in [0.15, 0.2) is 47.3 Å². The molecule has 1 saturated heterocycles. The summed E-state index contributed by atoms with van der Waals surface area (Å²) in [6, 6.07) is 9.38. The van der Waals surface area contributed by atoms with Gasteiger partial charge in [-0.15, -0.1) is 0 Å². The molecule has 132 valence electrons. The third kappa shape index (κ3) is 4.84. The van der Waals surface area contributed by atoms with E-state index >= 15 is 0 Å². The SMILES string of the molecule is O=C(NCC(=O)N1CCN(Cc2ccc(Cl)cc2)CC1)c1ccoc1.